The van der Waals surface area contributed by atoms with E-state index in [4.69, 9.17) is 0 Å². The van der Waals surface area contributed by atoms with Gasteiger partial charge in [-0.15, -0.1) is 0 Å². The van der Waals surface area contributed by atoms with Crippen molar-refractivity contribution in [2.24, 2.45) is 5.92 Å². The standard InChI is InChI=1S/C10H8F3NO2/c11-10(12,13)5-3-7-6(8(15)4-5)1-2-9(16)14-7/h1-2,5H,3-4H2,(H,14,16). The highest BCUT2D eigenvalue weighted by atomic mass is 19.4. The summed E-state index contributed by atoms with van der Waals surface area (Å²) in [4.78, 5) is 24.7. The molecular weight excluding hydrogens is 223 g/mol. The number of halogens is 3. The summed E-state index contributed by atoms with van der Waals surface area (Å²) in [6, 6.07) is 2.42. The molecule has 1 unspecified atom stereocenters. The third-order valence-electron chi connectivity index (χ3n) is 2.65. The Bertz CT molecular complexity index is 490. The third kappa shape index (κ3) is 1.87. The van der Waals surface area contributed by atoms with E-state index in [1.54, 1.807) is 0 Å². The van der Waals surface area contributed by atoms with Gasteiger partial charge >= 0.3 is 6.18 Å². The van der Waals surface area contributed by atoms with E-state index < -0.39 is 29.9 Å². The number of aromatic amines is 1. The highest BCUT2D eigenvalue weighted by Crippen LogP contribution is 2.35. The molecule has 1 aromatic rings. The van der Waals surface area contributed by atoms with Crippen LogP contribution >= 0.6 is 0 Å². The Labute approximate surface area is 88.3 Å². The lowest BCUT2D eigenvalue weighted by Gasteiger charge is -2.24. The molecule has 1 aliphatic rings. The molecule has 86 valence electrons. The van der Waals surface area contributed by atoms with Crippen LogP contribution in [0.15, 0.2) is 16.9 Å². The topological polar surface area (TPSA) is 49.9 Å². The molecule has 2 rings (SSSR count). The molecule has 0 aromatic carbocycles. The van der Waals surface area contributed by atoms with Crippen LogP contribution in [0, 0.1) is 5.92 Å². The molecule has 0 saturated carbocycles. The van der Waals surface area contributed by atoms with Crippen LogP contribution < -0.4 is 5.56 Å². The number of aromatic nitrogens is 1. The lowest BCUT2D eigenvalue weighted by atomic mass is 9.85. The summed E-state index contributed by atoms with van der Waals surface area (Å²) in [6.07, 6.45) is -5.27. The van der Waals surface area contributed by atoms with Gasteiger partial charge in [0, 0.05) is 30.2 Å². The van der Waals surface area contributed by atoms with Crippen molar-refractivity contribution in [2.75, 3.05) is 0 Å². The number of ketones is 1. The predicted molar refractivity (Wildman–Crippen MR) is 49.3 cm³/mol. The van der Waals surface area contributed by atoms with E-state index in [0.29, 0.717) is 0 Å². The molecule has 16 heavy (non-hydrogen) atoms. The van der Waals surface area contributed by atoms with Gasteiger partial charge in [-0.3, -0.25) is 9.59 Å². The number of hydrogen-bond acceptors (Lipinski definition) is 2. The fraction of sp³-hybridized carbons (Fsp3) is 0.400. The minimum atomic E-state index is -4.40. The number of carbonyl (C=O) groups excluding carboxylic acids is 1. The number of nitrogens with one attached hydrogen (secondary N) is 1. The van der Waals surface area contributed by atoms with Crippen molar-refractivity contribution in [2.45, 2.75) is 19.0 Å². The lowest BCUT2D eigenvalue weighted by Crippen LogP contribution is -2.33. The molecule has 1 atom stereocenters. The van der Waals surface area contributed by atoms with Crippen LogP contribution in [0.2, 0.25) is 0 Å². The summed E-state index contributed by atoms with van der Waals surface area (Å²) >= 11 is 0. The first-order valence-electron chi connectivity index (χ1n) is 4.70. The van der Waals surface area contributed by atoms with Crippen LogP contribution in [-0.2, 0) is 6.42 Å². The zero-order chi connectivity index (χ0) is 11.9. The summed E-state index contributed by atoms with van der Waals surface area (Å²) in [5.74, 6) is -2.26. The second-order valence-electron chi connectivity index (χ2n) is 3.78. The van der Waals surface area contributed by atoms with E-state index in [1.807, 2.05) is 0 Å². The average molecular weight is 231 g/mol. The molecule has 1 aromatic heterocycles. The number of Topliss-reactive ketones (excluding diaryl/α,β-unsaturated/α-hetero) is 1. The van der Waals surface area contributed by atoms with Crippen molar-refractivity contribution in [1.82, 2.24) is 4.98 Å². The fourth-order valence-corrected chi connectivity index (χ4v) is 1.82. The molecular formula is C10H8F3NO2. The SMILES string of the molecule is O=C1CC(C(F)(F)F)Cc2[nH]c(=O)ccc21. The number of alkyl halides is 3. The molecule has 0 fully saturated rings. The van der Waals surface area contributed by atoms with Gasteiger partial charge in [0.1, 0.15) is 0 Å². The largest absolute Gasteiger partial charge is 0.392 e. The van der Waals surface area contributed by atoms with Gasteiger partial charge in [0.15, 0.2) is 5.78 Å². The quantitative estimate of drug-likeness (QED) is 0.738. The normalized spacial score (nSPS) is 20.7. The first-order chi connectivity index (χ1) is 7.38. The molecule has 0 aliphatic heterocycles. The van der Waals surface area contributed by atoms with Crippen molar-refractivity contribution in [3.05, 3.63) is 33.7 Å². The number of carbonyl (C=O) groups is 1. The molecule has 3 nitrogen and oxygen atoms in total. The van der Waals surface area contributed by atoms with Crippen molar-refractivity contribution >= 4 is 5.78 Å². The highest BCUT2D eigenvalue weighted by Gasteiger charge is 2.43. The summed E-state index contributed by atoms with van der Waals surface area (Å²) in [6.45, 7) is 0. The molecule has 0 spiro atoms. The summed E-state index contributed by atoms with van der Waals surface area (Å²) in [5.41, 5.74) is -0.208. The summed E-state index contributed by atoms with van der Waals surface area (Å²) in [5, 5.41) is 0. The smallest absolute Gasteiger partial charge is 0.325 e. The molecule has 1 heterocycles. The number of hydrogen-bond donors (Lipinski definition) is 1. The second-order valence-corrected chi connectivity index (χ2v) is 3.78. The van der Waals surface area contributed by atoms with Gasteiger partial charge in [-0.1, -0.05) is 0 Å². The van der Waals surface area contributed by atoms with E-state index >= 15 is 0 Å². The first kappa shape index (κ1) is 10.9. The van der Waals surface area contributed by atoms with Gasteiger partial charge < -0.3 is 4.98 Å². The van der Waals surface area contributed by atoms with Crippen LogP contribution in [0.5, 0.6) is 0 Å². The maximum Gasteiger partial charge on any atom is 0.392 e. The number of H-pyrrole nitrogens is 1. The van der Waals surface area contributed by atoms with Gasteiger partial charge in [0.05, 0.1) is 5.92 Å². The van der Waals surface area contributed by atoms with Crippen LogP contribution in [-0.4, -0.2) is 16.9 Å². The molecule has 0 bridgehead atoms. The maximum atomic E-state index is 12.5. The van der Waals surface area contributed by atoms with Crippen molar-refractivity contribution in [3.8, 4) is 0 Å². The predicted octanol–water partition coefficient (Wildman–Crippen LogP) is 1.68. The van der Waals surface area contributed by atoms with E-state index in [9.17, 15) is 22.8 Å². The first-order valence-corrected chi connectivity index (χ1v) is 4.70. The Kier molecular flexibility index (Phi) is 2.36. The minimum Gasteiger partial charge on any atom is -0.325 e. The van der Waals surface area contributed by atoms with Gasteiger partial charge in [-0.25, -0.2) is 0 Å². The Balaban J connectivity index is 2.42. The lowest BCUT2D eigenvalue weighted by molar-refractivity contribution is -0.174. The van der Waals surface area contributed by atoms with Crippen LogP contribution in [0.1, 0.15) is 22.5 Å². The van der Waals surface area contributed by atoms with Crippen LogP contribution in [0.25, 0.3) is 0 Å². The van der Waals surface area contributed by atoms with Gasteiger partial charge in [0.2, 0.25) is 5.56 Å². The Morgan fingerprint density at radius 1 is 1.19 bits per heavy atom. The molecule has 6 heteroatoms. The van der Waals surface area contributed by atoms with Crippen LogP contribution in [0.3, 0.4) is 0 Å². The average Bonchev–Trinajstić information content (AvgIpc) is 2.15. The van der Waals surface area contributed by atoms with E-state index in [2.05, 4.69) is 4.98 Å². The molecule has 0 radical (unpaired) electrons. The van der Waals surface area contributed by atoms with E-state index in [0.717, 1.165) is 6.07 Å². The molecule has 1 aliphatic carbocycles. The van der Waals surface area contributed by atoms with E-state index in [1.165, 1.54) is 6.07 Å². The Morgan fingerprint density at radius 2 is 1.88 bits per heavy atom. The second kappa shape index (κ2) is 3.47. The molecule has 0 amide bonds. The number of fused-ring (bicyclic) bond motifs is 1. The maximum absolute atomic E-state index is 12.5. The molecule has 0 saturated heterocycles. The van der Waals surface area contributed by atoms with Crippen LogP contribution in [0.4, 0.5) is 13.2 Å². The zero-order valence-electron chi connectivity index (χ0n) is 8.10. The third-order valence-corrected chi connectivity index (χ3v) is 2.65. The molecule has 1 N–H and O–H groups in total. The van der Waals surface area contributed by atoms with Gasteiger partial charge in [0.25, 0.3) is 0 Å². The van der Waals surface area contributed by atoms with Gasteiger partial charge in [-0.2, -0.15) is 13.2 Å². The van der Waals surface area contributed by atoms with Crippen molar-refractivity contribution in [1.29, 1.82) is 0 Å². The Hall–Kier alpha value is -1.59. The number of rotatable bonds is 0. The van der Waals surface area contributed by atoms with Crippen molar-refractivity contribution < 1.29 is 18.0 Å². The summed E-state index contributed by atoms with van der Waals surface area (Å²) in [7, 11) is 0. The Morgan fingerprint density at radius 3 is 2.50 bits per heavy atom. The van der Waals surface area contributed by atoms with Crippen molar-refractivity contribution in [3.63, 3.8) is 0 Å². The highest BCUT2D eigenvalue weighted by molar-refractivity contribution is 5.98. The number of pyridine rings is 1. The minimum absolute atomic E-state index is 0.0890. The van der Waals surface area contributed by atoms with E-state index in [-0.39, 0.29) is 17.7 Å². The summed E-state index contributed by atoms with van der Waals surface area (Å²) < 4.78 is 37.4. The van der Waals surface area contributed by atoms with Gasteiger partial charge in [-0.05, 0) is 6.07 Å². The fourth-order valence-electron chi connectivity index (χ4n) is 1.82. The monoisotopic (exact) mass is 231 g/mol. The zero-order valence-corrected chi connectivity index (χ0v) is 8.10.